The van der Waals surface area contributed by atoms with Crippen molar-refractivity contribution in [2.24, 2.45) is 0 Å². The summed E-state index contributed by atoms with van der Waals surface area (Å²) in [6, 6.07) is 10.2. The van der Waals surface area contributed by atoms with Crippen LogP contribution >= 0.6 is 0 Å². The van der Waals surface area contributed by atoms with Crippen LogP contribution in [0.5, 0.6) is 0 Å². The van der Waals surface area contributed by atoms with Gasteiger partial charge in [-0.1, -0.05) is 30.3 Å². The van der Waals surface area contributed by atoms with E-state index in [1.807, 2.05) is 56.0 Å². The number of rotatable bonds is 5. The van der Waals surface area contributed by atoms with Crippen LogP contribution in [0, 0.1) is 0 Å². The molecule has 2 fully saturated rings. The molecule has 1 heterocycles. The quantitative estimate of drug-likeness (QED) is 0.887. The van der Waals surface area contributed by atoms with Gasteiger partial charge in [-0.2, -0.15) is 0 Å². The van der Waals surface area contributed by atoms with Crippen LogP contribution in [-0.4, -0.2) is 59.9 Å². The van der Waals surface area contributed by atoms with E-state index in [0.29, 0.717) is 19.1 Å². The molecule has 0 aromatic heterocycles. The molecule has 1 aromatic rings. The highest BCUT2D eigenvalue weighted by Gasteiger charge is 2.36. The average Bonchev–Trinajstić information content (AvgIpc) is 3.45. The van der Waals surface area contributed by atoms with Crippen molar-refractivity contribution < 1.29 is 9.59 Å². The van der Waals surface area contributed by atoms with E-state index in [2.05, 4.69) is 10.2 Å². The molecule has 2 amide bonds. The molecule has 0 unspecified atom stereocenters. The molecule has 0 spiro atoms. The van der Waals surface area contributed by atoms with Crippen LogP contribution in [0.15, 0.2) is 30.3 Å². The molecule has 5 heteroatoms. The molecule has 1 aliphatic carbocycles. The first-order valence-corrected chi connectivity index (χ1v) is 9.29. The number of amides is 2. The maximum atomic E-state index is 13.0. The van der Waals surface area contributed by atoms with Crippen molar-refractivity contribution in [2.45, 2.75) is 51.1 Å². The SMILES string of the molecule is C[C@@H](C(=O)NC1CC1)N1CCN(C(=O)C(C)(C)c2ccccc2)CC1. The van der Waals surface area contributed by atoms with Crippen LogP contribution < -0.4 is 5.32 Å². The van der Waals surface area contributed by atoms with Crippen molar-refractivity contribution in [3.8, 4) is 0 Å². The monoisotopic (exact) mass is 343 g/mol. The van der Waals surface area contributed by atoms with Gasteiger partial charge >= 0.3 is 0 Å². The summed E-state index contributed by atoms with van der Waals surface area (Å²) >= 11 is 0. The zero-order chi connectivity index (χ0) is 18.0. The van der Waals surface area contributed by atoms with Crippen LogP contribution in [-0.2, 0) is 15.0 Å². The molecule has 0 radical (unpaired) electrons. The Bertz CT molecular complexity index is 617. The summed E-state index contributed by atoms with van der Waals surface area (Å²) < 4.78 is 0. The lowest BCUT2D eigenvalue weighted by atomic mass is 9.83. The Morgan fingerprint density at radius 1 is 1.08 bits per heavy atom. The largest absolute Gasteiger partial charge is 0.352 e. The molecular formula is C20H29N3O2. The molecule has 3 rings (SSSR count). The van der Waals surface area contributed by atoms with Gasteiger partial charge < -0.3 is 10.2 Å². The van der Waals surface area contributed by atoms with Gasteiger partial charge in [0.05, 0.1) is 11.5 Å². The van der Waals surface area contributed by atoms with E-state index in [-0.39, 0.29) is 17.9 Å². The highest BCUT2D eigenvalue weighted by atomic mass is 16.2. The third-order valence-electron chi connectivity index (χ3n) is 5.48. The van der Waals surface area contributed by atoms with E-state index >= 15 is 0 Å². The predicted octanol–water partition coefficient (Wildman–Crippen LogP) is 1.78. The average molecular weight is 343 g/mol. The van der Waals surface area contributed by atoms with Crippen molar-refractivity contribution in [2.75, 3.05) is 26.2 Å². The molecule has 1 atom stereocenters. The lowest BCUT2D eigenvalue weighted by Crippen LogP contribution is -2.57. The summed E-state index contributed by atoms with van der Waals surface area (Å²) in [4.78, 5) is 29.3. The summed E-state index contributed by atoms with van der Waals surface area (Å²) in [6.07, 6.45) is 2.21. The van der Waals surface area contributed by atoms with Gasteiger partial charge in [0.25, 0.3) is 0 Å². The molecule has 1 saturated carbocycles. The van der Waals surface area contributed by atoms with Crippen molar-refractivity contribution in [1.82, 2.24) is 15.1 Å². The molecule has 1 saturated heterocycles. The number of hydrogen-bond acceptors (Lipinski definition) is 3. The van der Waals surface area contributed by atoms with E-state index in [0.717, 1.165) is 31.5 Å². The number of nitrogens with one attached hydrogen (secondary N) is 1. The summed E-state index contributed by atoms with van der Waals surface area (Å²) in [6.45, 7) is 8.78. The number of carbonyl (C=O) groups is 2. The van der Waals surface area contributed by atoms with Gasteiger partial charge in [0, 0.05) is 32.2 Å². The second-order valence-corrected chi connectivity index (χ2v) is 7.78. The predicted molar refractivity (Wildman–Crippen MR) is 98.2 cm³/mol. The lowest BCUT2D eigenvalue weighted by Gasteiger charge is -2.40. The molecule has 0 bridgehead atoms. The van der Waals surface area contributed by atoms with E-state index in [1.165, 1.54) is 0 Å². The van der Waals surface area contributed by atoms with E-state index in [9.17, 15) is 9.59 Å². The normalized spacial score (nSPS) is 20.2. The molecule has 1 aliphatic heterocycles. The minimum Gasteiger partial charge on any atom is -0.352 e. The van der Waals surface area contributed by atoms with Gasteiger partial charge in [-0.3, -0.25) is 14.5 Å². The maximum Gasteiger partial charge on any atom is 0.237 e. The fraction of sp³-hybridized carbons (Fsp3) is 0.600. The zero-order valence-corrected chi connectivity index (χ0v) is 15.5. The van der Waals surface area contributed by atoms with Gasteiger partial charge in [0.15, 0.2) is 0 Å². The van der Waals surface area contributed by atoms with Gasteiger partial charge in [0.2, 0.25) is 11.8 Å². The number of carbonyl (C=O) groups excluding carboxylic acids is 2. The van der Waals surface area contributed by atoms with E-state index in [1.54, 1.807) is 0 Å². The second kappa shape index (κ2) is 7.16. The van der Waals surface area contributed by atoms with Crippen LogP contribution in [0.4, 0.5) is 0 Å². The summed E-state index contributed by atoms with van der Waals surface area (Å²) in [5.74, 6) is 0.278. The fourth-order valence-electron chi connectivity index (χ4n) is 3.40. The highest BCUT2D eigenvalue weighted by molar-refractivity contribution is 5.87. The first-order chi connectivity index (χ1) is 11.9. The number of nitrogens with zero attached hydrogens (tertiary/aromatic N) is 2. The Balaban J connectivity index is 1.56. The molecule has 136 valence electrons. The minimum atomic E-state index is -0.529. The maximum absolute atomic E-state index is 13.0. The standard InChI is InChI=1S/C20H29N3O2/c1-15(18(24)21-17-9-10-17)22-11-13-23(14-12-22)19(25)20(2,3)16-7-5-4-6-8-16/h4-8,15,17H,9-14H2,1-3H3,(H,21,24)/t15-/m0/s1. The minimum absolute atomic E-state index is 0.117. The van der Waals surface area contributed by atoms with E-state index in [4.69, 9.17) is 0 Å². The first-order valence-electron chi connectivity index (χ1n) is 9.29. The number of piperazine rings is 1. The van der Waals surface area contributed by atoms with Gasteiger partial charge in [-0.25, -0.2) is 0 Å². The Kier molecular flexibility index (Phi) is 5.13. The first kappa shape index (κ1) is 17.9. The second-order valence-electron chi connectivity index (χ2n) is 7.78. The molecule has 5 nitrogen and oxygen atoms in total. The number of hydrogen-bond donors (Lipinski definition) is 1. The molecule has 1 aromatic carbocycles. The third kappa shape index (κ3) is 4.03. The summed E-state index contributed by atoms with van der Waals surface area (Å²) in [7, 11) is 0. The zero-order valence-electron chi connectivity index (χ0n) is 15.5. The van der Waals surface area contributed by atoms with Gasteiger partial charge in [-0.15, -0.1) is 0 Å². The van der Waals surface area contributed by atoms with Gasteiger partial charge in [0.1, 0.15) is 0 Å². The third-order valence-corrected chi connectivity index (χ3v) is 5.48. The Morgan fingerprint density at radius 3 is 2.24 bits per heavy atom. The highest BCUT2D eigenvalue weighted by Crippen LogP contribution is 2.26. The van der Waals surface area contributed by atoms with Crippen molar-refractivity contribution in [1.29, 1.82) is 0 Å². The Hall–Kier alpha value is -1.88. The summed E-state index contributed by atoms with van der Waals surface area (Å²) in [5.41, 5.74) is 0.512. The smallest absolute Gasteiger partial charge is 0.237 e. The van der Waals surface area contributed by atoms with Crippen molar-refractivity contribution in [3.05, 3.63) is 35.9 Å². The van der Waals surface area contributed by atoms with E-state index < -0.39 is 5.41 Å². The lowest BCUT2D eigenvalue weighted by molar-refractivity contribution is -0.139. The molecule has 1 N–H and O–H groups in total. The van der Waals surface area contributed by atoms with Crippen LogP contribution in [0.3, 0.4) is 0 Å². The number of benzene rings is 1. The molecular weight excluding hydrogens is 314 g/mol. The van der Waals surface area contributed by atoms with Crippen LogP contribution in [0.1, 0.15) is 39.2 Å². The van der Waals surface area contributed by atoms with Crippen molar-refractivity contribution >= 4 is 11.8 Å². The topological polar surface area (TPSA) is 52.7 Å². The molecule has 25 heavy (non-hydrogen) atoms. The molecule has 2 aliphatic rings. The fourth-order valence-corrected chi connectivity index (χ4v) is 3.40. The summed E-state index contributed by atoms with van der Waals surface area (Å²) in [5, 5.41) is 3.07. The van der Waals surface area contributed by atoms with Crippen LogP contribution in [0.25, 0.3) is 0 Å². The Labute approximate surface area is 150 Å². The van der Waals surface area contributed by atoms with Crippen LogP contribution in [0.2, 0.25) is 0 Å². The Morgan fingerprint density at radius 2 is 1.68 bits per heavy atom. The van der Waals surface area contributed by atoms with Crippen molar-refractivity contribution in [3.63, 3.8) is 0 Å². The van der Waals surface area contributed by atoms with Gasteiger partial charge in [-0.05, 0) is 39.2 Å².